The highest BCUT2D eigenvalue weighted by Crippen LogP contribution is 2.28. The molecule has 1 N–H and O–H groups in total. The molecular formula is C15H17FN2O4S. The quantitative estimate of drug-likeness (QED) is 0.904. The van der Waals surface area contributed by atoms with Gasteiger partial charge in [0.05, 0.1) is 10.9 Å². The lowest BCUT2D eigenvalue weighted by Gasteiger charge is -2.18. The summed E-state index contributed by atoms with van der Waals surface area (Å²) in [4.78, 5) is 12.1. The van der Waals surface area contributed by atoms with Crippen molar-refractivity contribution in [1.82, 2.24) is 5.16 Å². The minimum atomic E-state index is -3.94. The van der Waals surface area contributed by atoms with Crippen molar-refractivity contribution in [3.05, 3.63) is 47.4 Å². The SMILES string of the molecule is Cc1cc(NC(=O)[C@@H](C)S(=O)(=O)[C@H](C)c2ccccc2F)on1. The molecule has 0 bridgehead atoms. The number of carbonyl (C=O) groups is 1. The van der Waals surface area contributed by atoms with Crippen LogP contribution in [0.5, 0.6) is 0 Å². The van der Waals surface area contributed by atoms with Crippen molar-refractivity contribution in [2.45, 2.75) is 31.3 Å². The lowest BCUT2D eigenvalue weighted by Crippen LogP contribution is -2.35. The standard InChI is InChI=1S/C15H17FN2O4S/c1-9-8-14(22-18-9)17-15(19)11(3)23(20,21)10(2)12-6-4-5-7-13(12)16/h4-8,10-11H,1-3H3,(H,17,19)/t10-,11-/m1/s1. The van der Waals surface area contributed by atoms with E-state index in [2.05, 4.69) is 10.5 Å². The molecule has 2 aromatic rings. The summed E-state index contributed by atoms with van der Waals surface area (Å²) >= 11 is 0. The number of sulfone groups is 1. The van der Waals surface area contributed by atoms with E-state index in [0.717, 1.165) is 0 Å². The molecule has 0 unspecified atom stereocenters. The lowest BCUT2D eigenvalue weighted by atomic mass is 10.1. The second-order valence-corrected chi connectivity index (χ2v) is 7.81. The zero-order valence-electron chi connectivity index (χ0n) is 12.9. The third-order valence-electron chi connectivity index (χ3n) is 3.57. The number of hydrogen-bond donors (Lipinski definition) is 1. The summed E-state index contributed by atoms with van der Waals surface area (Å²) in [6, 6.07) is 7.07. The fourth-order valence-corrected chi connectivity index (χ4v) is 3.60. The van der Waals surface area contributed by atoms with Crippen LogP contribution in [0.2, 0.25) is 0 Å². The highest BCUT2D eigenvalue weighted by Gasteiger charge is 2.35. The van der Waals surface area contributed by atoms with Crippen molar-refractivity contribution in [2.24, 2.45) is 0 Å². The summed E-state index contributed by atoms with van der Waals surface area (Å²) in [7, 11) is -3.94. The van der Waals surface area contributed by atoms with Gasteiger partial charge in [-0.1, -0.05) is 23.4 Å². The third-order valence-corrected chi connectivity index (χ3v) is 6.01. The van der Waals surface area contributed by atoms with Crippen LogP contribution in [-0.2, 0) is 14.6 Å². The van der Waals surface area contributed by atoms with Gasteiger partial charge in [0.2, 0.25) is 11.8 Å². The number of halogens is 1. The first kappa shape index (κ1) is 17.1. The molecule has 6 nitrogen and oxygen atoms in total. The molecule has 0 aliphatic rings. The molecule has 2 rings (SSSR count). The number of nitrogens with zero attached hydrogens (tertiary/aromatic N) is 1. The number of hydrogen-bond acceptors (Lipinski definition) is 5. The summed E-state index contributed by atoms with van der Waals surface area (Å²) < 4.78 is 43.7. The van der Waals surface area contributed by atoms with Crippen LogP contribution in [-0.4, -0.2) is 24.7 Å². The minimum Gasteiger partial charge on any atom is -0.338 e. The average molecular weight is 340 g/mol. The number of aryl methyl sites for hydroxylation is 1. The van der Waals surface area contributed by atoms with Gasteiger partial charge in [-0.2, -0.15) is 0 Å². The smallest absolute Gasteiger partial charge is 0.244 e. The molecule has 124 valence electrons. The Morgan fingerprint density at radius 3 is 2.52 bits per heavy atom. The number of anilines is 1. The highest BCUT2D eigenvalue weighted by atomic mass is 32.2. The van der Waals surface area contributed by atoms with Gasteiger partial charge in [0.25, 0.3) is 0 Å². The van der Waals surface area contributed by atoms with E-state index >= 15 is 0 Å². The predicted molar refractivity (Wildman–Crippen MR) is 83.1 cm³/mol. The highest BCUT2D eigenvalue weighted by molar-refractivity contribution is 7.93. The van der Waals surface area contributed by atoms with Gasteiger partial charge >= 0.3 is 0 Å². The van der Waals surface area contributed by atoms with Crippen molar-refractivity contribution in [3.8, 4) is 0 Å². The molecule has 1 amide bonds. The number of amides is 1. The van der Waals surface area contributed by atoms with Gasteiger partial charge in [0.1, 0.15) is 11.1 Å². The Morgan fingerprint density at radius 1 is 1.30 bits per heavy atom. The van der Waals surface area contributed by atoms with Crippen LogP contribution in [0, 0.1) is 12.7 Å². The van der Waals surface area contributed by atoms with E-state index in [1.54, 1.807) is 13.0 Å². The van der Waals surface area contributed by atoms with E-state index < -0.39 is 32.1 Å². The maximum absolute atomic E-state index is 13.8. The van der Waals surface area contributed by atoms with Gasteiger partial charge in [-0.3, -0.25) is 10.1 Å². The third kappa shape index (κ3) is 3.58. The molecule has 0 radical (unpaired) electrons. The summed E-state index contributed by atoms with van der Waals surface area (Å²) in [5, 5.41) is 3.42. The number of carbonyl (C=O) groups excluding carboxylic acids is 1. The molecule has 23 heavy (non-hydrogen) atoms. The van der Waals surface area contributed by atoms with Crippen LogP contribution in [0.15, 0.2) is 34.9 Å². The zero-order chi connectivity index (χ0) is 17.2. The van der Waals surface area contributed by atoms with E-state index in [1.165, 1.54) is 38.1 Å². The second kappa shape index (κ2) is 6.49. The summed E-state index contributed by atoms with van der Waals surface area (Å²) in [5.74, 6) is -1.32. The second-order valence-electron chi connectivity index (χ2n) is 5.22. The molecule has 0 spiro atoms. The number of benzene rings is 1. The van der Waals surface area contributed by atoms with E-state index in [-0.39, 0.29) is 11.4 Å². The van der Waals surface area contributed by atoms with E-state index in [1.807, 2.05) is 0 Å². The Kier molecular flexibility index (Phi) is 4.84. The number of aromatic nitrogens is 1. The molecule has 1 aromatic heterocycles. The average Bonchev–Trinajstić information content (AvgIpc) is 2.91. The molecular weight excluding hydrogens is 323 g/mol. The molecule has 2 atom stereocenters. The van der Waals surface area contributed by atoms with Crippen LogP contribution in [0.3, 0.4) is 0 Å². The van der Waals surface area contributed by atoms with Gasteiger partial charge < -0.3 is 4.52 Å². The molecule has 0 saturated carbocycles. The lowest BCUT2D eigenvalue weighted by molar-refractivity contribution is -0.115. The fourth-order valence-electron chi connectivity index (χ4n) is 2.08. The first-order valence-corrected chi connectivity index (χ1v) is 8.55. The molecule has 0 saturated heterocycles. The summed E-state index contributed by atoms with van der Waals surface area (Å²) in [6.07, 6.45) is 0. The van der Waals surface area contributed by atoms with E-state index in [4.69, 9.17) is 4.52 Å². The van der Waals surface area contributed by atoms with Crippen molar-refractivity contribution in [1.29, 1.82) is 0 Å². The van der Waals surface area contributed by atoms with Gasteiger partial charge in [-0.25, -0.2) is 12.8 Å². The topological polar surface area (TPSA) is 89.3 Å². The summed E-state index contributed by atoms with van der Waals surface area (Å²) in [5.41, 5.74) is 0.582. The molecule has 0 aliphatic carbocycles. The normalized spacial score (nSPS) is 14.3. The Balaban J connectivity index is 2.21. The Bertz CT molecular complexity index is 816. The van der Waals surface area contributed by atoms with Crippen molar-refractivity contribution in [3.63, 3.8) is 0 Å². The van der Waals surface area contributed by atoms with Crippen molar-refractivity contribution >= 4 is 21.6 Å². The Morgan fingerprint density at radius 2 is 1.96 bits per heavy atom. The van der Waals surface area contributed by atoms with Gasteiger partial charge in [0, 0.05) is 11.6 Å². The maximum atomic E-state index is 13.8. The number of nitrogens with one attached hydrogen (secondary N) is 1. The van der Waals surface area contributed by atoms with Crippen LogP contribution in [0.4, 0.5) is 10.3 Å². The van der Waals surface area contributed by atoms with Gasteiger partial charge in [0.15, 0.2) is 9.84 Å². The van der Waals surface area contributed by atoms with Crippen LogP contribution < -0.4 is 5.32 Å². The van der Waals surface area contributed by atoms with Crippen LogP contribution in [0.25, 0.3) is 0 Å². The molecule has 8 heteroatoms. The first-order valence-electron chi connectivity index (χ1n) is 6.94. The molecule has 1 aromatic carbocycles. The Labute approximate surface area is 133 Å². The predicted octanol–water partition coefficient (Wildman–Crippen LogP) is 2.63. The molecule has 1 heterocycles. The van der Waals surface area contributed by atoms with E-state index in [9.17, 15) is 17.6 Å². The monoisotopic (exact) mass is 340 g/mol. The zero-order valence-corrected chi connectivity index (χ0v) is 13.7. The van der Waals surface area contributed by atoms with Crippen molar-refractivity contribution < 1.29 is 22.1 Å². The van der Waals surface area contributed by atoms with Gasteiger partial charge in [-0.05, 0) is 26.8 Å². The Hall–Kier alpha value is -2.22. The van der Waals surface area contributed by atoms with E-state index in [0.29, 0.717) is 5.69 Å². The number of rotatable bonds is 5. The van der Waals surface area contributed by atoms with Crippen LogP contribution in [0.1, 0.15) is 30.4 Å². The summed E-state index contributed by atoms with van der Waals surface area (Å²) in [6.45, 7) is 4.28. The minimum absolute atomic E-state index is 0.0302. The molecule has 0 fully saturated rings. The first-order chi connectivity index (χ1) is 10.7. The fraction of sp³-hybridized carbons (Fsp3) is 0.333. The molecule has 0 aliphatic heterocycles. The van der Waals surface area contributed by atoms with Crippen molar-refractivity contribution in [2.75, 3.05) is 5.32 Å². The largest absolute Gasteiger partial charge is 0.338 e. The van der Waals surface area contributed by atoms with Gasteiger partial charge in [-0.15, -0.1) is 0 Å². The van der Waals surface area contributed by atoms with Crippen LogP contribution >= 0.6 is 0 Å². The maximum Gasteiger partial charge on any atom is 0.244 e.